The Balaban J connectivity index is 1.44. The number of anilines is 1. The van der Waals surface area contributed by atoms with Crippen molar-refractivity contribution in [3.63, 3.8) is 0 Å². The van der Waals surface area contributed by atoms with Gasteiger partial charge in [0, 0.05) is 13.1 Å². The van der Waals surface area contributed by atoms with Crippen LogP contribution in [0.5, 0.6) is 5.75 Å². The molecule has 2 heterocycles. The second kappa shape index (κ2) is 8.82. The monoisotopic (exact) mass is 409 g/mol. The molecule has 0 saturated carbocycles. The third kappa shape index (κ3) is 4.53. The zero-order valence-corrected chi connectivity index (χ0v) is 17.7. The van der Waals surface area contributed by atoms with E-state index in [1.165, 1.54) is 0 Å². The molecule has 1 saturated heterocycles. The highest BCUT2D eigenvalue weighted by Gasteiger charge is 2.28. The molecule has 1 N–H and O–H groups in total. The Morgan fingerprint density at radius 1 is 1.31 bits per heavy atom. The third-order valence-electron chi connectivity index (χ3n) is 5.38. The van der Waals surface area contributed by atoms with Gasteiger partial charge in [-0.25, -0.2) is 4.98 Å². The van der Waals surface area contributed by atoms with E-state index >= 15 is 0 Å². The summed E-state index contributed by atoms with van der Waals surface area (Å²) in [5.41, 5.74) is 2.11. The first kappa shape index (κ1) is 19.7. The van der Waals surface area contributed by atoms with Crippen LogP contribution in [0, 0.1) is 5.92 Å². The maximum Gasteiger partial charge on any atom is 0.225 e. The summed E-state index contributed by atoms with van der Waals surface area (Å²) in [6.45, 7) is 6.33. The van der Waals surface area contributed by atoms with Gasteiger partial charge in [-0.1, -0.05) is 41.7 Å². The highest BCUT2D eigenvalue weighted by Crippen LogP contribution is 2.33. The van der Waals surface area contributed by atoms with Crippen molar-refractivity contribution in [3.8, 4) is 5.75 Å². The number of amides is 1. The van der Waals surface area contributed by atoms with Crippen molar-refractivity contribution >= 4 is 32.6 Å². The molecule has 1 aliphatic heterocycles. The second-order valence-electron chi connectivity index (χ2n) is 7.49. The molecule has 1 amide bonds. The first-order chi connectivity index (χ1) is 14.1. The number of nitrogens with zero attached hydrogens (tertiary/aromatic N) is 2. The lowest BCUT2D eigenvalue weighted by molar-refractivity contribution is -0.125. The van der Waals surface area contributed by atoms with Crippen LogP contribution in [0.1, 0.15) is 38.3 Å². The number of piperidine rings is 1. The molecule has 3 aromatic rings. The number of rotatable bonds is 6. The Morgan fingerprint density at radius 3 is 2.93 bits per heavy atom. The van der Waals surface area contributed by atoms with Gasteiger partial charge in [0.1, 0.15) is 5.75 Å². The Bertz CT molecular complexity index is 973. The van der Waals surface area contributed by atoms with Crippen LogP contribution in [0.2, 0.25) is 0 Å². The van der Waals surface area contributed by atoms with Crippen molar-refractivity contribution in [1.82, 2.24) is 10.3 Å². The van der Waals surface area contributed by atoms with Crippen LogP contribution in [0.4, 0.5) is 5.13 Å². The molecule has 1 fully saturated rings. The van der Waals surface area contributed by atoms with Crippen LogP contribution in [-0.2, 0) is 4.79 Å². The minimum absolute atomic E-state index is 0.0125. The molecule has 6 heteroatoms. The molecule has 5 nitrogen and oxygen atoms in total. The Labute approximate surface area is 175 Å². The molecule has 0 radical (unpaired) electrons. The molecule has 2 atom stereocenters. The fourth-order valence-corrected chi connectivity index (χ4v) is 4.83. The van der Waals surface area contributed by atoms with E-state index < -0.39 is 0 Å². The fraction of sp³-hybridized carbons (Fsp3) is 0.391. The minimum atomic E-state index is -0.0130. The normalized spacial score (nSPS) is 17.9. The zero-order valence-electron chi connectivity index (χ0n) is 16.9. The van der Waals surface area contributed by atoms with Crippen molar-refractivity contribution in [2.75, 3.05) is 24.6 Å². The minimum Gasteiger partial charge on any atom is -0.494 e. The molecular weight excluding hydrogens is 382 g/mol. The summed E-state index contributed by atoms with van der Waals surface area (Å²) >= 11 is 1.67. The van der Waals surface area contributed by atoms with E-state index in [1.54, 1.807) is 11.3 Å². The van der Waals surface area contributed by atoms with Gasteiger partial charge in [-0.15, -0.1) is 0 Å². The quantitative estimate of drug-likeness (QED) is 0.636. The van der Waals surface area contributed by atoms with E-state index in [4.69, 9.17) is 9.72 Å². The van der Waals surface area contributed by atoms with Gasteiger partial charge in [0.2, 0.25) is 5.91 Å². The van der Waals surface area contributed by atoms with E-state index in [2.05, 4.69) is 28.4 Å². The number of nitrogens with one attached hydrogen (secondary N) is 1. The van der Waals surface area contributed by atoms with Gasteiger partial charge < -0.3 is 15.0 Å². The Hall–Kier alpha value is -2.60. The smallest absolute Gasteiger partial charge is 0.225 e. The maximum atomic E-state index is 12.9. The molecule has 29 heavy (non-hydrogen) atoms. The van der Waals surface area contributed by atoms with Crippen LogP contribution < -0.4 is 15.0 Å². The highest BCUT2D eigenvalue weighted by molar-refractivity contribution is 7.22. The molecule has 0 bridgehead atoms. The van der Waals surface area contributed by atoms with E-state index in [9.17, 15) is 4.79 Å². The predicted octanol–water partition coefficient (Wildman–Crippen LogP) is 4.79. The van der Waals surface area contributed by atoms with Crippen LogP contribution in [0.25, 0.3) is 10.2 Å². The lowest BCUT2D eigenvalue weighted by Gasteiger charge is -2.32. The first-order valence-electron chi connectivity index (χ1n) is 10.3. The molecule has 152 valence electrons. The molecule has 4 rings (SSSR count). The SMILES string of the molecule is CCOc1ccc2nc(N3CCCC(C(=O)NC(C)c4ccccc4)C3)sc2c1. The number of thiazole rings is 1. The van der Waals surface area contributed by atoms with E-state index in [0.29, 0.717) is 13.2 Å². The molecule has 1 aromatic heterocycles. The summed E-state index contributed by atoms with van der Waals surface area (Å²) in [6, 6.07) is 16.1. The first-order valence-corrected chi connectivity index (χ1v) is 11.1. The number of benzene rings is 2. The number of fused-ring (bicyclic) bond motifs is 1. The molecule has 0 spiro atoms. The average molecular weight is 410 g/mol. The van der Waals surface area contributed by atoms with Crippen molar-refractivity contribution in [2.24, 2.45) is 5.92 Å². The molecule has 2 aromatic carbocycles. The largest absolute Gasteiger partial charge is 0.494 e. The lowest BCUT2D eigenvalue weighted by atomic mass is 9.96. The van der Waals surface area contributed by atoms with Crippen LogP contribution in [-0.4, -0.2) is 30.6 Å². The van der Waals surface area contributed by atoms with E-state index in [0.717, 1.165) is 46.0 Å². The Morgan fingerprint density at radius 2 is 2.14 bits per heavy atom. The van der Waals surface area contributed by atoms with Crippen LogP contribution in [0.3, 0.4) is 0 Å². The number of carbonyl (C=O) groups excluding carboxylic acids is 1. The highest BCUT2D eigenvalue weighted by atomic mass is 32.1. The van der Waals surface area contributed by atoms with Crippen LogP contribution in [0.15, 0.2) is 48.5 Å². The fourth-order valence-electron chi connectivity index (χ4n) is 3.81. The summed E-state index contributed by atoms with van der Waals surface area (Å²) in [4.78, 5) is 19.9. The maximum absolute atomic E-state index is 12.9. The van der Waals surface area contributed by atoms with Gasteiger partial charge >= 0.3 is 0 Å². The number of hydrogen-bond donors (Lipinski definition) is 1. The molecular formula is C23H27N3O2S. The van der Waals surface area contributed by atoms with Gasteiger partial charge in [0.05, 0.1) is 28.8 Å². The number of hydrogen-bond acceptors (Lipinski definition) is 5. The topological polar surface area (TPSA) is 54.5 Å². The summed E-state index contributed by atoms with van der Waals surface area (Å²) < 4.78 is 6.72. The second-order valence-corrected chi connectivity index (χ2v) is 8.49. The standard InChI is InChI=1S/C23H27N3O2S/c1-3-28-19-11-12-20-21(14-19)29-23(25-20)26-13-7-10-18(15-26)22(27)24-16(2)17-8-5-4-6-9-17/h4-6,8-9,11-12,14,16,18H,3,7,10,13,15H2,1-2H3,(H,24,27). The predicted molar refractivity (Wildman–Crippen MR) is 119 cm³/mol. The summed E-state index contributed by atoms with van der Waals surface area (Å²) in [5.74, 6) is 0.993. The van der Waals surface area contributed by atoms with E-state index in [-0.39, 0.29) is 17.9 Å². The Kier molecular flexibility index (Phi) is 6.00. The van der Waals surface area contributed by atoms with Gasteiger partial charge in [0.15, 0.2) is 5.13 Å². The third-order valence-corrected chi connectivity index (χ3v) is 6.46. The average Bonchev–Trinajstić information content (AvgIpc) is 3.18. The summed E-state index contributed by atoms with van der Waals surface area (Å²) in [6.07, 6.45) is 1.92. The number of ether oxygens (including phenoxy) is 1. The number of aromatic nitrogens is 1. The summed E-state index contributed by atoms with van der Waals surface area (Å²) in [7, 11) is 0. The van der Waals surface area contributed by atoms with E-state index in [1.807, 2.05) is 44.2 Å². The summed E-state index contributed by atoms with van der Waals surface area (Å²) in [5, 5.41) is 4.18. The van der Waals surface area contributed by atoms with Gasteiger partial charge in [-0.05, 0) is 50.5 Å². The van der Waals surface area contributed by atoms with Crippen molar-refractivity contribution in [1.29, 1.82) is 0 Å². The molecule has 1 aliphatic rings. The van der Waals surface area contributed by atoms with Crippen molar-refractivity contribution < 1.29 is 9.53 Å². The number of carbonyl (C=O) groups is 1. The zero-order chi connectivity index (χ0) is 20.2. The molecule has 2 unspecified atom stereocenters. The van der Waals surface area contributed by atoms with Gasteiger partial charge in [-0.2, -0.15) is 0 Å². The van der Waals surface area contributed by atoms with Crippen molar-refractivity contribution in [2.45, 2.75) is 32.7 Å². The van der Waals surface area contributed by atoms with Gasteiger partial charge in [0.25, 0.3) is 0 Å². The molecule has 0 aliphatic carbocycles. The van der Waals surface area contributed by atoms with Crippen LogP contribution >= 0.6 is 11.3 Å². The van der Waals surface area contributed by atoms with Crippen molar-refractivity contribution in [3.05, 3.63) is 54.1 Å². The van der Waals surface area contributed by atoms with Gasteiger partial charge in [-0.3, -0.25) is 4.79 Å². The lowest BCUT2D eigenvalue weighted by Crippen LogP contribution is -2.43.